The van der Waals surface area contributed by atoms with Gasteiger partial charge in [0.25, 0.3) is 0 Å². The van der Waals surface area contributed by atoms with E-state index in [-0.39, 0.29) is 18.2 Å². The van der Waals surface area contributed by atoms with Gasteiger partial charge in [0.05, 0.1) is 48.2 Å². The number of hydrogen-bond acceptors (Lipinski definition) is 11. The second-order valence-electron chi connectivity index (χ2n) is 11.2. The van der Waals surface area contributed by atoms with Crippen LogP contribution >= 0.6 is 0 Å². The van der Waals surface area contributed by atoms with Gasteiger partial charge in [-0.05, 0) is 87.3 Å². The van der Waals surface area contributed by atoms with E-state index >= 15 is 0 Å². The molecule has 4 rings (SSSR count). The summed E-state index contributed by atoms with van der Waals surface area (Å²) < 4.78 is 43.7. The molecule has 0 aromatic heterocycles. The van der Waals surface area contributed by atoms with Crippen LogP contribution in [0.2, 0.25) is 0 Å². The normalized spacial score (nSPS) is 21.5. The van der Waals surface area contributed by atoms with E-state index in [0.29, 0.717) is 52.1 Å². The number of carbonyl (C=O) groups is 2. The molecule has 0 spiro atoms. The van der Waals surface area contributed by atoms with E-state index in [4.69, 9.17) is 37.9 Å². The molecule has 2 aliphatic rings. The quantitative estimate of drug-likeness (QED) is 0.228. The Hall–Kier alpha value is -4.12. The Bertz CT molecular complexity index is 1280. The first kappa shape index (κ1) is 33.8. The molecular weight excluding hydrogens is 582 g/mol. The number of ether oxygens (including phenoxy) is 8. The fraction of sp³-hybridized carbons (Fsp3) is 0.529. The van der Waals surface area contributed by atoms with Crippen molar-refractivity contribution >= 4 is 18.0 Å². The van der Waals surface area contributed by atoms with Gasteiger partial charge in [-0.25, -0.2) is 9.59 Å². The maximum absolute atomic E-state index is 12.9. The summed E-state index contributed by atoms with van der Waals surface area (Å²) in [5.74, 6) is 1.99. The van der Waals surface area contributed by atoms with Crippen LogP contribution in [0.5, 0.6) is 34.5 Å². The van der Waals surface area contributed by atoms with Crippen LogP contribution in [0.1, 0.15) is 67.3 Å². The van der Waals surface area contributed by atoms with Crippen LogP contribution in [0.25, 0.3) is 6.08 Å². The van der Waals surface area contributed by atoms with E-state index < -0.39 is 5.97 Å². The van der Waals surface area contributed by atoms with Gasteiger partial charge in [-0.1, -0.05) is 0 Å². The van der Waals surface area contributed by atoms with Crippen LogP contribution in [0, 0.1) is 0 Å². The number of esters is 2. The number of benzene rings is 2. The second kappa shape index (κ2) is 16.3. The van der Waals surface area contributed by atoms with Gasteiger partial charge >= 0.3 is 11.9 Å². The first-order valence-electron chi connectivity index (χ1n) is 15.3. The number of nitrogens with one attached hydrogen (secondary N) is 1. The lowest BCUT2D eigenvalue weighted by Crippen LogP contribution is -2.44. The fourth-order valence-corrected chi connectivity index (χ4v) is 6.01. The smallest absolute Gasteiger partial charge is 0.338 e. The van der Waals surface area contributed by atoms with Crippen molar-refractivity contribution in [1.29, 1.82) is 0 Å². The summed E-state index contributed by atoms with van der Waals surface area (Å²) in [6.45, 7) is 0. The zero-order valence-electron chi connectivity index (χ0n) is 27.0. The van der Waals surface area contributed by atoms with Crippen molar-refractivity contribution in [3.63, 3.8) is 0 Å². The molecular formula is C34H45NO10. The Morgan fingerprint density at radius 1 is 0.600 bits per heavy atom. The molecule has 0 unspecified atom stereocenters. The molecule has 2 aromatic carbocycles. The van der Waals surface area contributed by atoms with Crippen molar-refractivity contribution in [1.82, 2.24) is 5.32 Å². The third kappa shape index (κ3) is 8.75. The van der Waals surface area contributed by atoms with E-state index in [1.807, 2.05) is 0 Å². The van der Waals surface area contributed by atoms with Crippen molar-refractivity contribution in [3.05, 3.63) is 41.5 Å². The van der Waals surface area contributed by atoms with Gasteiger partial charge < -0.3 is 43.2 Å². The van der Waals surface area contributed by atoms with Crippen LogP contribution in [-0.2, 0) is 14.3 Å². The number of hydrogen-bond donors (Lipinski definition) is 1. The zero-order chi connectivity index (χ0) is 32.3. The standard InChI is InChI=1S/C34H45NO10/c1-38-27-17-21(18-28(39-2)32(27)42-5)7-16-31(36)44-25-12-8-23(9-13-25)35-24-10-14-26(15-11-24)45-34(37)22-19-29(40-3)33(43-6)30(20-22)41-4/h7,16-20,23-26,35H,8-15H2,1-6H3/b16-7+. The first-order valence-corrected chi connectivity index (χ1v) is 15.3. The van der Waals surface area contributed by atoms with Gasteiger partial charge in [0, 0.05) is 18.2 Å². The molecule has 0 amide bonds. The third-order valence-corrected chi connectivity index (χ3v) is 8.38. The van der Waals surface area contributed by atoms with Gasteiger partial charge in [-0.2, -0.15) is 0 Å². The van der Waals surface area contributed by atoms with Crippen LogP contribution in [0.3, 0.4) is 0 Å². The molecule has 0 aliphatic heterocycles. The minimum atomic E-state index is -0.406. The topological polar surface area (TPSA) is 120 Å². The van der Waals surface area contributed by atoms with Crippen LogP contribution in [-0.4, -0.2) is 78.9 Å². The predicted molar refractivity (Wildman–Crippen MR) is 168 cm³/mol. The zero-order valence-corrected chi connectivity index (χ0v) is 27.0. The lowest BCUT2D eigenvalue weighted by molar-refractivity contribution is -0.144. The Morgan fingerprint density at radius 2 is 1.02 bits per heavy atom. The molecule has 2 saturated carbocycles. The molecule has 0 radical (unpaired) electrons. The highest BCUT2D eigenvalue weighted by Crippen LogP contribution is 2.39. The number of carbonyl (C=O) groups excluding carboxylic acids is 2. The first-order chi connectivity index (χ1) is 21.8. The molecule has 2 aliphatic carbocycles. The maximum atomic E-state index is 12.9. The largest absolute Gasteiger partial charge is 0.493 e. The van der Waals surface area contributed by atoms with Crippen molar-refractivity contribution in [2.75, 3.05) is 42.7 Å². The summed E-state index contributed by atoms with van der Waals surface area (Å²) in [4.78, 5) is 25.4. The van der Waals surface area contributed by atoms with E-state index in [2.05, 4.69) is 5.32 Å². The number of rotatable bonds is 13. The van der Waals surface area contributed by atoms with Crippen molar-refractivity contribution in [3.8, 4) is 34.5 Å². The Kier molecular flexibility index (Phi) is 12.2. The van der Waals surface area contributed by atoms with E-state index in [1.54, 1.807) is 51.7 Å². The number of methoxy groups -OCH3 is 6. The molecule has 246 valence electrons. The molecule has 0 saturated heterocycles. The lowest BCUT2D eigenvalue weighted by atomic mass is 9.88. The summed E-state index contributed by atoms with van der Waals surface area (Å²) in [5.41, 5.74) is 1.10. The maximum Gasteiger partial charge on any atom is 0.338 e. The molecule has 0 bridgehead atoms. The highest BCUT2D eigenvalue weighted by atomic mass is 16.6. The molecule has 0 atom stereocenters. The molecule has 11 heteroatoms. The molecule has 11 nitrogen and oxygen atoms in total. The van der Waals surface area contributed by atoms with Crippen molar-refractivity contribution < 1.29 is 47.5 Å². The van der Waals surface area contributed by atoms with Crippen molar-refractivity contribution in [2.24, 2.45) is 0 Å². The average molecular weight is 628 g/mol. The predicted octanol–water partition coefficient (Wildman–Crippen LogP) is 5.36. The van der Waals surface area contributed by atoms with Gasteiger partial charge in [0.1, 0.15) is 12.2 Å². The monoisotopic (exact) mass is 627 g/mol. The Balaban J connectivity index is 1.19. The lowest BCUT2D eigenvalue weighted by Gasteiger charge is -2.35. The van der Waals surface area contributed by atoms with Gasteiger partial charge in [0.15, 0.2) is 23.0 Å². The molecule has 0 heterocycles. The van der Waals surface area contributed by atoms with Gasteiger partial charge in [-0.3, -0.25) is 0 Å². The van der Waals surface area contributed by atoms with Crippen LogP contribution in [0.15, 0.2) is 30.3 Å². The van der Waals surface area contributed by atoms with Gasteiger partial charge in [-0.15, -0.1) is 0 Å². The SMILES string of the molecule is COc1cc(/C=C/C(=O)OC2CCC(NC3CCC(OC(=O)c4cc(OC)c(OC)c(OC)c4)CC3)CC2)cc(OC)c1OC. The summed E-state index contributed by atoms with van der Waals surface area (Å²) in [5, 5.41) is 3.78. The molecule has 2 aromatic rings. The third-order valence-electron chi connectivity index (χ3n) is 8.38. The Labute approximate surface area is 265 Å². The van der Waals surface area contributed by atoms with Crippen LogP contribution < -0.4 is 33.7 Å². The minimum Gasteiger partial charge on any atom is -0.493 e. The fourth-order valence-electron chi connectivity index (χ4n) is 6.01. The summed E-state index contributed by atoms with van der Waals surface area (Å²) in [6, 6.07) is 7.50. The molecule has 45 heavy (non-hydrogen) atoms. The van der Waals surface area contributed by atoms with E-state index in [9.17, 15) is 9.59 Å². The summed E-state index contributed by atoms with van der Waals surface area (Å²) >= 11 is 0. The average Bonchev–Trinajstić information content (AvgIpc) is 3.07. The molecule has 2 fully saturated rings. The van der Waals surface area contributed by atoms with E-state index in [0.717, 1.165) is 56.9 Å². The highest BCUT2D eigenvalue weighted by Gasteiger charge is 2.29. The van der Waals surface area contributed by atoms with Gasteiger partial charge in [0.2, 0.25) is 11.5 Å². The highest BCUT2D eigenvalue weighted by molar-refractivity contribution is 5.91. The van der Waals surface area contributed by atoms with E-state index in [1.165, 1.54) is 27.4 Å². The Morgan fingerprint density at radius 3 is 1.44 bits per heavy atom. The minimum absolute atomic E-state index is 0.106. The van der Waals surface area contributed by atoms with Crippen molar-refractivity contribution in [2.45, 2.75) is 75.7 Å². The summed E-state index contributed by atoms with van der Waals surface area (Å²) in [6.07, 6.45) is 9.78. The second-order valence-corrected chi connectivity index (χ2v) is 11.2. The summed E-state index contributed by atoms with van der Waals surface area (Å²) in [7, 11) is 9.19. The van der Waals surface area contributed by atoms with Crippen LogP contribution in [0.4, 0.5) is 0 Å². The molecule has 1 N–H and O–H groups in total.